The van der Waals surface area contributed by atoms with Gasteiger partial charge >= 0.3 is 0 Å². The zero-order valence-electron chi connectivity index (χ0n) is 24.1. The van der Waals surface area contributed by atoms with Crippen LogP contribution >= 0.6 is 0 Å². The number of ether oxygens (including phenoxy) is 2. The molecule has 7 nitrogen and oxygen atoms in total. The third-order valence-electron chi connectivity index (χ3n) is 7.18. The Hall–Kier alpha value is -2.17. The fourth-order valence-corrected chi connectivity index (χ4v) is 6.55. The SMILES string of the molecule is C=CC[C@H](O)C[C@@H](C[C@H](NS(=O)(=O)c1ccc(C)cc1)c1ccc(OC)c(OC)c1)O[Si](C)(C)C(C)(C)C. The van der Waals surface area contributed by atoms with Gasteiger partial charge in [-0.3, -0.25) is 0 Å². The highest BCUT2D eigenvalue weighted by atomic mass is 32.2. The molecule has 0 saturated carbocycles. The molecule has 2 aromatic rings. The molecule has 0 aliphatic heterocycles. The molecule has 0 radical (unpaired) electrons. The van der Waals surface area contributed by atoms with Gasteiger partial charge in [-0.25, -0.2) is 13.1 Å². The minimum Gasteiger partial charge on any atom is -0.493 e. The molecule has 0 heterocycles. The van der Waals surface area contributed by atoms with E-state index in [1.165, 1.54) is 0 Å². The smallest absolute Gasteiger partial charge is 0.241 e. The van der Waals surface area contributed by atoms with Gasteiger partial charge in [-0.2, -0.15) is 0 Å². The van der Waals surface area contributed by atoms with Crippen LogP contribution in [0.25, 0.3) is 0 Å². The van der Waals surface area contributed by atoms with Crippen molar-refractivity contribution in [3.8, 4) is 11.5 Å². The van der Waals surface area contributed by atoms with Crippen molar-refractivity contribution in [2.24, 2.45) is 0 Å². The zero-order valence-corrected chi connectivity index (χ0v) is 25.9. The number of sulfonamides is 1. The lowest BCUT2D eigenvalue weighted by atomic mass is 9.97. The van der Waals surface area contributed by atoms with Crippen molar-refractivity contribution in [1.82, 2.24) is 4.72 Å². The molecule has 0 amide bonds. The van der Waals surface area contributed by atoms with Crippen LogP contribution < -0.4 is 14.2 Å². The summed E-state index contributed by atoms with van der Waals surface area (Å²) in [6.45, 7) is 16.4. The van der Waals surface area contributed by atoms with Crippen LogP contribution in [0, 0.1) is 6.92 Å². The fraction of sp³-hybridized carbons (Fsp3) is 0.517. The quantitative estimate of drug-likeness (QED) is 0.212. The molecule has 0 saturated heterocycles. The van der Waals surface area contributed by atoms with Crippen molar-refractivity contribution in [3.05, 3.63) is 66.2 Å². The summed E-state index contributed by atoms with van der Waals surface area (Å²) < 4.78 is 47.5. The lowest BCUT2D eigenvalue weighted by molar-refractivity contribution is 0.0782. The Morgan fingerprint density at radius 3 is 2.16 bits per heavy atom. The van der Waals surface area contributed by atoms with E-state index >= 15 is 0 Å². The maximum absolute atomic E-state index is 13.5. The van der Waals surface area contributed by atoms with E-state index in [-0.39, 0.29) is 9.93 Å². The molecular formula is C29H45NO6SSi. The van der Waals surface area contributed by atoms with Gasteiger partial charge in [0.2, 0.25) is 10.0 Å². The van der Waals surface area contributed by atoms with Gasteiger partial charge in [0, 0.05) is 12.1 Å². The molecule has 0 aliphatic carbocycles. The van der Waals surface area contributed by atoms with E-state index in [9.17, 15) is 13.5 Å². The molecule has 2 rings (SSSR count). The maximum atomic E-state index is 13.5. The van der Waals surface area contributed by atoms with E-state index in [2.05, 4.69) is 45.2 Å². The van der Waals surface area contributed by atoms with E-state index in [0.29, 0.717) is 36.3 Å². The molecule has 3 atom stereocenters. The molecule has 0 spiro atoms. The van der Waals surface area contributed by atoms with Crippen LogP contribution in [-0.4, -0.2) is 48.3 Å². The molecule has 0 aromatic heterocycles. The monoisotopic (exact) mass is 563 g/mol. The van der Waals surface area contributed by atoms with E-state index in [0.717, 1.165) is 5.56 Å². The van der Waals surface area contributed by atoms with Gasteiger partial charge < -0.3 is 19.0 Å². The van der Waals surface area contributed by atoms with Crippen LogP contribution in [0.4, 0.5) is 0 Å². The highest BCUT2D eigenvalue weighted by Gasteiger charge is 2.40. The number of aryl methyl sites for hydroxylation is 1. The summed E-state index contributed by atoms with van der Waals surface area (Å²) in [5.74, 6) is 1.05. The number of rotatable bonds is 14. The van der Waals surface area contributed by atoms with Crippen LogP contribution in [0.1, 0.15) is 57.2 Å². The Balaban J connectivity index is 2.54. The van der Waals surface area contributed by atoms with Crippen LogP contribution in [0.3, 0.4) is 0 Å². The Kier molecular flexibility index (Phi) is 11.2. The van der Waals surface area contributed by atoms with Gasteiger partial charge in [0.1, 0.15) is 0 Å². The van der Waals surface area contributed by atoms with Crippen LogP contribution in [-0.2, 0) is 14.4 Å². The van der Waals surface area contributed by atoms with Crippen LogP contribution in [0.2, 0.25) is 18.1 Å². The number of nitrogens with one attached hydrogen (secondary N) is 1. The van der Waals surface area contributed by atoms with E-state index < -0.39 is 36.6 Å². The van der Waals surface area contributed by atoms with E-state index in [1.807, 2.05) is 13.0 Å². The molecule has 0 fully saturated rings. The van der Waals surface area contributed by atoms with Gasteiger partial charge in [-0.05, 0) is 74.1 Å². The standard InChI is InChI=1S/C29H45NO6SSi/c1-10-11-23(31)19-24(36-38(8,9)29(3,4)5)20-26(22-14-17-27(34-6)28(18-22)35-7)30-37(32,33)25-15-12-21(2)13-16-25/h10,12-18,23-24,26,30-31H,1,11,19-20H2,2-9H3/t23-,24-,26-/m0/s1. The normalized spacial score (nSPS) is 15.0. The summed E-state index contributed by atoms with van der Waals surface area (Å²) in [7, 11) is -3.01. The first-order valence-corrected chi connectivity index (χ1v) is 17.3. The van der Waals surface area contributed by atoms with Crippen molar-refractivity contribution >= 4 is 18.3 Å². The highest BCUT2D eigenvalue weighted by molar-refractivity contribution is 7.89. The summed E-state index contributed by atoms with van der Waals surface area (Å²) >= 11 is 0. The molecule has 0 bridgehead atoms. The fourth-order valence-electron chi connectivity index (χ4n) is 3.94. The second-order valence-electron chi connectivity index (χ2n) is 11.3. The number of hydrogen-bond donors (Lipinski definition) is 2. The van der Waals surface area contributed by atoms with Gasteiger partial charge in [-0.1, -0.05) is 50.6 Å². The first-order chi connectivity index (χ1) is 17.6. The Morgan fingerprint density at radius 1 is 1.03 bits per heavy atom. The molecule has 0 unspecified atom stereocenters. The summed E-state index contributed by atoms with van der Waals surface area (Å²) in [5.41, 5.74) is 1.68. The highest BCUT2D eigenvalue weighted by Crippen LogP contribution is 2.40. The van der Waals surface area contributed by atoms with Crippen molar-refractivity contribution in [1.29, 1.82) is 0 Å². The van der Waals surface area contributed by atoms with E-state index in [4.69, 9.17) is 13.9 Å². The molecule has 2 aromatic carbocycles. The van der Waals surface area contributed by atoms with Crippen molar-refractivity contribution < 1.29 is 27.4 Å². The largest absolute Gasteiger partial charge is 0.493 e. The van der Waals surface area contributed by atoms with Crippen LogP contribution in [0.15, 0.2) is 60.0 Å². The summed E-state index contributed by atoms with van der Waals surface area (Å²) in [6, 6.07) is 11.5. The Morgan fingerprint density at radius 2 is 1.63 bits per heavy atom. The van der Waals surface area contributed by atoms with Gasteiger partial charge in [0.05, 0.1) is 25.2 Å². The van der Waals surface area contributed by atoms with Crippen LogP contribution in [0.5, 0.6) is 11.5 Å². The van der Waals surface area contributed by atoms with Gasteiger partial charge in [0.25, 0.3) is 0 Å². The average Bonchev–Trinajstić information content (AvgIpc) is 2.82. The predicted molar refractivity (Wildman–Crippen MR) is 156 cm³/mol. The second kappa shape index (κ2) is 13.3. The molecule has 0 aliphatic rings. The maximum Gasteiger partial charge on any atom is 0.241 e. The predicted octanol–water partition coefficient (Wildman–Crippen LogP) is 6.14. The number of hydrogen-bond acceptors (Lipinski definition) is 6. The molecule has 9 heteroatoms. The first-order valence-electron chi connectivity index (χ1n) is 12.9. The molecular weight excluding hydrogens is 518 g/mol. The minimum atomic E-state index is -3.86. The minimum absolute atomic E-state index is 0.0606. The number of benzene rings is 2. The number of aliphatic hydroxyl groups is 1. The molecule has 2 N–H and O–H groups in total. The third-order valence-corrected chi connectivity index (χ3v) is 13.2. The Labute approximate surface area is 230 Å². The lowest BCUT2D eigenvalue weighted by Gasteiger charge is -2.40. The number of methoxy groups -OCH3 is 2. The summed E-state index contributed by atoms with van der Waals surface area (Å²) in [5, 5.41) is 10.6. The van der Waals surface area contributed by atoms with Gasteiger partial charge in [0.15, 0.2) is 19.8 Å². The Bertz CT molecular complexity index is 1160. The topological polar surface area (TPSA) is 94.1 Å². The number of aliphatic hydroxyl groups excluding tert-OH is 1. The summed E-state index contributed by atoms with van der Waals surface area (Å²) in [4.78, 5) is 0.183. The average molecular weight is 564 g/mol. The lowest BCUT2D eigenvalue weighted by Crippen LogP contribution is -2.45. The van der Waals surface area contributed by atoms with E-state index in [1.54, 1.807) is 56.7 Å². The first kappa shape index (κ1) is 32.0. The van der Waals surface area contributed by atoms with Crippen molar-refractivity contribution in [2.75, 3.05) is 14.2 Å². The second-order valence-corrected chi connectivity index (χ2v) is 17.7. The van der Waals surface area contributed by atoms with Crippen molar-refractivity contribution in [3.63, 3.8) is 0 Å². The molecule has 38 heavy (non-hydrogen) atoms. The zero-order chi connectivity index (χ0) is 28.7. The molecule has 212 valence electrons. The van der Waals surface area contributed by atoms with Crippen molar-refractivity contribution in [2.45, 2.75) is 88.2 Å². The third kappa shape index (κ3) is 8.67. The summed E-state index contributed by atoms with van der Waals surface area (Å²) in [6.07, 6.45) is 1.73. The van der Waals surface area contributed by atoms with Gasteiger partial charge in [-0.15, -0.1) is 6.58 Å².